The largest absolute Gasteiger partial charge is 0.491 e. The molecule has 0 amide bonds. The number of rotatable bonds is 11. The number of carbonyl (C=O) groups excluding carboxylic acids is 1. The summed E-state index contributed by atoms with van der Waals surface area (Å²) in [6.45, 7) is 9.82. The molecule has 0 spiro atoms. The SMILES string of the molecule is C=C(C)C(=O)OCC(C)(O)COc1ccc(Cc2ccc(OCC3(C)CO3)cc2)cc1. The smallest absolute Gasteiger partial charge is 0.333 e. The molecule has 0 bridgehead atoms. The van der Waals surface area contributed by atoms with Gasteiger partial charge in [-0.2, -0.15) is 0 Å². The van der Waals surface area contributed by atoms with Crippen LogP contribution in [0.5, 0.6) is 11.5 Å². The summed E-state index contributed by atoms with van der Waals surface area (Å²) in [6.07, 6.45) is 0.788. The molecule has 0 saturated carbocycles. The van der Waals surface area contributed by atoms with E-state index in [9.17, 15) is 9.90 Å². The van der Waals surface area contributed by atoms with Crippen LogP contribution in [0.3, 0.4) is 0 Å². The molecule has 6 nitrogen and oxygen atoms in total. The van der Waals surface area contributed by atoms with Crippen LogP contribution in [-0.4, -0.2) is 48.7 Å². The maximum atomic E-state index is 11.5. The van der Waals surface area contributed by atoms with E-state index in [1.807, 2.05) is 43.3 Å². The molecule has 2 atom stereocenters. The number of epoxide rings is 1. The summed E-state index contributed by atoms with van der Waals surface area (Å²) in [6, 6.07) is 15.8. The average molecular weight is 427 g/mol. The van der Waals surface area contributed by atoms with Gasteiger partial charge in [0.1, 0.15) is 42.5 Å². The lowest BCUT2D eigenvalue weighted by Crippen LogP contribution is -2.38. The topological polar surface area (TPSA) is 77.5 Å². The molecule has 1 aliphatic rings. The highest BCUT2D eigenvalue weighted by Crippen LogP contribution is 2.27. The van der Waals surface area contributed by atoms with Gasteiger partial charge in [-0.15, -0.1) is 0 Å². The van der Waals surface area contributed by atoms with Crippen molar-refractivity contribution < 1.29 is 28.8 Å². The quantitative estimate of drug-likeness (QED) is 0.335. The Labute approximate surface area is 183 Å². The Morgan fingerprint density at radius 1 is 1.06 bits per heavy atom. The molecule has 3 rings (SSSR count). The summed E-state index contributed by atoms with van der Waals surface area (Å²) in [5, 5.41) is 10.3. The second kappa shape index (κ2) is 9.54. The highest BCUT2D eigenvalue weighted by Gasteiger charge is 2.40. The van der Waals surface area contributed by atoms with Crippen LogP contribution in [0.15, 0.2) is 60.7 Å². The average Bonchev–Trinajstić information content (AvgIpc) is 3.48. The van der Waals surface area contributed by atoms with Crippen LogP contribution in [0.4, 0.5) is 0 Å². The van der Waals surface area contributed by atoms with Gasteiger partial charge in [-0.05, 0) is 62.6 Å². The van der Waals surface area contributed by atoms with Gasteiger partial charge in [0.05, 0.1) is 6.61 Å². The number of benzene rings is 2. The van der Waals surface area contributed by atoms with Crippen molar-refractivity contribution in [2.75, 3.05) is 26.4 Å². The molecule has 1 fully saturated rings. The van der Waals surface area contributed by atoms with Crippen LogP contribution in [0, 0.1) is 0 Å². The van der Waals surface area contributed by atoms with Crippen molar-refractivity contribution >= 4 is 5.97 Å². The minimum absolute atomic E-state index is 0.00135. The van der Waals surface area contributed by atoms with Crippen molar-refractivity contribution in [1.29, 1.82) is 0 Å². The minimum Gasteiger partial charge on any atom is -0.491 e. The second-order valence-electron chi connectivity index (χ2n) is 8.63. The predicted octanol–water partition coefficient (Wildman–Crippen LogP) is 3.69. The first-order valence-electron chi connectivity index (χ1n) is 10.3. The summed E-state index contributed by atoms with van der Waals surface area (Å²) in [5.74, 6) is 0.940. The third-order valence-electron chi connectivity index (χ3n) is 4.85. The molecular formula is C25H30O6. The molecule has 1 saturated heterocycles. The van der Waals surface area contributed by atoms with Gasteiger partial charge in [-0.25, -0.2) is 4.79 Å². The fourth-order valence-corrected chi connectivity index (χ4v) is 2.71. The number of hydrogen-bond acceptors (Lipinski definition) is 6. The molecule has 1 N–H and O–H groups in total. The maximum Gasteiger partial charge on any atom is 0.333 e. The number of hydrogen-bond donors (Lipinski definition) is 1. The lowest BCUT2D eigenvalue weighted by atomic mass is 10.0. The van der Waals surface area contributed by atoms with E-state index in [1.54, 1.807) is 13.8 Å². The first kappa shape index (κ1) is 22.8. The van der Waals surface area contributed by atoms with Gasteiger partial charge in [0.2, 0.25) is 0 Å². The molecule has 1 aliphatic heterocycles. The van der Waals surface area contributed by atoms with Crippen LogP contribution in [0.2, 0.25) is 0 Å². The van der Waals surface area contributed by atoms with Crippen LogP contribution >= 0.6 is 0 Å². The second-order valence-corrected chi connectivity index (χ2v) is 8.63. The van der Waals surface area contributed by atoms with Crippen LogP contribution in [0.1, 0.15) is 31.9 Å². The summed E-state index contributed by atoms with van der Waals surface area (Å²) in [4.78, 5) is 11.5. The molecule has 166 valence electrons. The standard InChI is InChI=1S/C25H30O6/c1-18(2)23(26)30-15-24(3,27)14-28-21-9-5-19(6-10-21)13-20-7-11-22(12-8-20)29-16-25(4)17-31-25/h5-12,27H,1,13-17H2,2-4H3. The molecule has 2 aromatic rings. The van der Waals surface area contributed by atoms with Crippen molar-refractivity contribution in [3.05, 3.63) is 71.8 Å². The highest BCUT2D eigenvalue weighted by molar-refractivity contribution is 5.86. The number of esters is 1. The van der Waals surface area contributed by atoms with E-state index in [0.29, 0.717) is 12.4 Å². The predicted molar refractivity (Wildman–Crippen MR) is 117 cm³/mol. The Morgan fingerprint density at radius 3 is 2.06 bits per heavy atom. The summed E-state index contributed by atoms with van der Waals surface area (Å²) >= 11 is 0. The van der Waals surface area contributed by atoms with E-state index in [4.69, 9.17) is 18.9 Å². The molecule has 31 heavy (non-hydrogen) atoms. The molecule has 0 radical (unpaired) electrons. The van der Waals surface area contributed by atoms with Crippen molar-refractivity contribution in [2.45, 2.75) is 38.4 Å². The number of ether oxygens (including phenoxy) is 4. The van der Waals surface area contributed by atoms with Gasteiger partial charge >= 0.3 is 5.97 Å². The monoisotopic (exact) mass is 426 g/mol. The third kappa shape index (κ3) is 7.42. The van der Waals surface area contributed by atoms with Crippen molar-refractivity contribution in [2.24, 2.45) is 0 Å². The van der Waals surface area contributed by atoms with Gasteiger partial charge in [-0.3, -0.25) is 0 Å². The Morgan fingerprint density at radius 2 is 1.58 bits per heavy atom. The fraction of sp³-hybridized carbons (Fsp3) is 0.400. The minimum atomic E-state index is -1.29. The van der Waals surface area contributed by atoms with Crippen molar-refractivity contribution in [1.82, 2.24) is 0 Å². The lowest BCUT2D eigenvalue weighted by Gasteiger charge is -2.23. The molecule has 2 aromatic carbocycles. The van der Waals surface area contributed by atoms with Gasteiger partial charge in [0, 0.05) is 5.57 Å². The normalized spacial score (nSPS) is 19.2. The highest BCUT2D eigenvalue weighted by atomic mass is 16.6. The Bertz CT molecular complexity index is 895. The third-order valence-corrected chi connectivity index (χ3v) is 4.85. The first-order chi connectivity index (χ1) is 14.6. The van der Waals surface area contributed by atoms with E-state index >= 15 is 0 Å². The Balaban J connectivity index is 1.45. The number of carbonyl (C=O) groups is 1. The molecule has 1 heterocycles. The summed E-state index contributed by atoms with van der Waals surface area (Å²) < 4.78 is 21.7. The molecule has 2 unspecified atom stereocenters. The molecule has 0 aromatic heterocycles. The van der Waals surface area contributed by atoms with E-state index in [2.05, 4.69) is 18.7 Å². The van der Waals surface area contributed by atoms with Gasteiger partial charge in [0.15, 0.2) is 0 Å². The zero-order valence-corrected chi connectivity index (χ0v) is 18.3. The van der Waals surface area contributed by atoms with Crippen LogP contribution in [-0.2, 0) is 20.7 Å². The van der Waals surface area contributed by atoms with E-state index in [0.717, 1.165) is 24.3 Å². The summed E-state index contributed by atoms with van der Waals surface area (Å²) in [7, 11) is 0. The fourth-order valence-electron chi connectivity index (χ4n) is 2.71. The van der Waals surface area contributed by atoms with Crippen molar-refractivity contribution in [3.63, 3.8) is 0 Å². The maximum absolute atomic E-state index is 11.5. The number of aliphatic hydroxyl groups is 1. The van der Waals surface area contributed by atoms with Crippen LogP contribution < -0.4 is 9.47 Å². The molecule has 0 aliphatic carbocycles. The Hall–Kier alpha value is -2.83. The molecule has 6 heteroatoms. The summed E-state index contributed by atoms with van der Waals surface area (Å²) in [5.41, 5.74) is 1.19. The van der Waals surface area contributed by atoms with E-state index in [1.165, 1.54) is 5.56 Å². The Kier molecular flexibility index (Phi) is 7.03. The first-order valence-corrected chi connectivity index (χ1v) is 10.3. The lowest BCUT2D eigenvalue weighted by molar-refractivity contribution is -0.147. The zero-order chi connectivity index (χ0) is 22.5. The van der Waals surface area contributed by atoms with Gasteiger partial charge in [-0.1, -0.05) is 30.8 Å². The van der Waals surface area contributed by atoms with E-state index in [-0.39, 0.29) is 24.4 Å². The van der Waals surface area contributed by atoms with E-state index < -0.39 is 11.6 Å². The van der Waals surface area contributed by atoms with Gasteiger partial charge in [0.25, 0.3) is 0 Å². The van der Waals surface area contributed by atoms with Gasteiger partial charge < -0.3 is 24.1 Å². The molecular weight excluding hydrogens is 396 g/mol. The van der Waals surface area contributed by atoms with Crippen molar-refractivity contribution in [3.8, 4) is 11.5 Å². The zero-order valence-electron chi connectivity index (χ0n) is 18.3. The van der Waals surface area contributed by atoms with Crippen LogP contribution in [0.25, 0.3) is 0 Å².